The van der Waals surface area contributed by atoms with Gasteiger partial charge in [0.1, 0.15) is 0 Å². The van der Waals surface area contributed by atoms with Crippen LogP contribution in [0.2, 0.25) is 0 Å². The Morgan fingerprint density at radius 1 is 1.12 bits per heavy atom. The van der Waals surface area contributed by atoms with Gasteiger partial charge in [-0.3, -0.25) is 4.79 Å². The van der Waals surface area contributed by atoms with Crippen molar-refractivity contribution in [2.24, 2.45) is 0 Å². The second-order valence-electron chi connectivity index (χ2n) is 5.65. The predicted octanol–water partition coefficient (Wildman–Crippen LogP) is 5.03. The minimum atomic E-state index is -0.188. The van der Waals surface area contributed by atoms with Crippen molar-refractivity contribution in [3.8, 4) is 11.5 Å². The summed E-state index contributed by atoms with van der Waals surface area (Å²) in [5, 5.41) is 3.00. The second-order valence-corrected chi connectivity index (χ2v) is 6.50. The van der Waals surface area contributed by atoms with E-state index >= 15 is 0 Å². The van der Waals surface area contributed by atoms with Crippen LogP contribution in [0.3, 0.4) is 0 Å². The lowest BCUT2D eigenvalue weighted by atomic mass is 10.0. The van der Waals surface area contributed by atoms with Gasteiger partial charge in [0.2, 0.25) is 0 Å². The van der Waals surface area contributed by atoms with Crippen molar-refractivity contribution in [1.82, 2.24) is 0 Å². The van der Waals surface area contributed by atoms with E-state index in [4.69, 9.17) is 9.47 Å². The highest BCUT2D eigenvalue weighted by Crippen LogP contribution is 2.37. The highest BCUT2D eigenvalue weighted by Gasteiger charge is 2.16. The van der Waals surface area contributed by atoms with E-state index in [1.165, 1.54) is 5.56 Å². The molecule has 128 valence electrons. The molecule has 0 saturated carbocycles. The van der Waals surface area contributed by atoms with Gasteiger partial charge in [-0.2, -0.15) is 0 Å². The standard InChI is InChI=1S/C19H22BrNO3/c1-6-24-18-15(20)9-14(10-16(18)23-5)19(22)21-17-12(3)7-11(2)8-13(17)4/h7-10H,6H2,1-5H3,(H,21,22). The fourth-order valence-electron chi connectivity index (χ4n) is 2.70. The van der Waals surface area contributed by atoms with Crippen molar-refractivity contribution < 1.29 is 14.3 Å². The Kier molecular flexibility index (Phi) is 5.89. The SMILES string of the molecule is CCOc1c(Br)cc(C(=O)Nc2c(C)cc(C)cc2C)cc1OC. The van der Waals surface area contributed by atoms with Gasteiger partial charge in [0.15, 0.2) is 11.5 Å². The zero-order chi connectivity index (χ0) is 17.9. The summed E-state index contributed by atoms with van der Waals surface area (Å²) in [4.78, 5) is 12.7. The van der Waals surface area contributed by atoms with Crippen molar-refractivity contribution in [3.05, 3.63) is 51.0 Å². The smallest absolute Gasteiger partial charge is 0.255 e. The molecule has 0 aromatic heterocycles. The summed E-state index contributed by atoms with van der Waals surface area (Å²) in [7, 11) is 1.56. The van der Waals surface area contributed by atoms with Crippen LogP contribution >= 0.6 is 15.9 Å². The Labute approximate surface area is 151 Å². The molecular formula is C19H22BrNO3. The van der Waals surface area contributed by atoms with Crippen LogP contribution < -0.4 is 14.8 Å². The first-order valence-electron chi connectivity index (χ1n) is 7.76. The number of carbonyl (C=O) groups excluding carboxylic acids is 1. The second kappa shape index (κ2) is 7.71. The Bertz CT molecular complexity index is 748. The molecule has 24 heavy (non-hydrogen) atoms. The van der Waals surface area contributed by atoms with Crippen molar-refractivity contribution in [2.45, 2.75) is 27.7 Å². The molecule has 1 amide bonds. The normalized spacial score (nSPS) is 10.4. The number of anilines is 1. The molecule has 4 nitrogen and oxygen atoms in total. The highest BCUT2D eigenvalue weighted by molar-refractivity contribution is 9.10. The number of rotatable bonds is 5. The zero-order valence-corrected chi connectivity index (χ0v) is 16.2. The van der Waals surface area contributed by atoms with E-state index in [-0.39, 0.29) is 5.91 Å². The Morgan fingerprint density at radius 3 is 2.29 bits per heavy atom. The van der Waals surface area contributed by atoms with Gasteiger partial charge in [-0.1, -0.05) is 17.7 Å². The number of ether oxygens (including phenoxy) is 2. The lowest BCUT2D eigenvalue weighted by Gasteiger charge is -2.15. The van der Waals surface area contributed by atoms with Crippen molar-refractivity contribution in [3.63, 3.8) is 0 Å². The van der Waals surface area contributed by atoms with Gasteiger partial charge in [0.25, 0.3) is 5.91 Å². The van der Waals surface area contributed by atoms with Gasteiger partial charge >= 0.3 is 0 Å². The maximum Gasteiger partial charge on any atom is 0.255 e. The minimum absolute atomic E-state index is 0.188. The summed E-state index contributed by atoms with van der Waals surface area (Å²) in [6.45, 7) is 8.44. The summed E-state index contributed by atoms with van der Waals surface area (Å²) in [5.41, 5.74) is 4.60. The quantitative estimate of drug-likeness (QED) is 0.776. The van der Waals surface area contributed by atoms with Gasteiger partial charge in [-0.25, -0.2) is 0 Å². The van der Waals surface area contributed by atoms with Crippen molar-refractivity contribution in [2.75, 3.05) is 19.0 Å². The zero-order valence-electron chi connectivity index (χ0n) is 14.6. The maximum absolute atomic E-state index is 12.7. The average molecular weight is 392 g/mol. The monoisotopic (exact) mass is 391 g/mol. The molecule has 0 unspecified atom stereocenters. The Balaban J connectivity index is 2.36. The topological polar surface area (TPSA) is 47.6 Å². The molecule has 0 saturated heterocycles. The fraction of sp³-hybridized carbons (Fsp3) is 0.316. The molecule has 2 rings (SSSR count). The molecule has 2 aromatic carbocycles. The van der Waals surface area contributed by atoms with Crippen molar-refractivity contribution in [1.29, 1.82) is 0 Å². The third-order valence-electron chi connectivity index (χ3n) is 3.70. The lowest BCUT2D eigenvalue weighted by molar-refractivity contribution is 0.102. The summed E-state index contributed by atoms with van der Waals surface area (Å²) >= 11 is 3.45. The third kappa shape index (κ3) is 3.90. The number of nitrogens with one attached hydrogen (secondary N) is 1. The largest absolute Gasteiger partial charge is 0.493 e. The average Bonchev–Trinajstić information content (AvgIpc) is 2.52. The van der Waals surface area contributed by atoms with Gasteiger partial charge in [-0.05, 0) is 66.9 Å². The predicted molar refractivity (Wildman–Crippen MR) is 100 cm³/mol. The number of benzene rings is 2. The number of carbonyl (C=O) groups is 1. The van der Waals surface area contributed by atoms with Crippen LogP contribution in [-0.4, -0.2) is 19.6 Å². The molecule has 0 aliphatic heterocycles. The first-order chi connectivity index (χ1) is 11.4. The van der Waals surface area contributed by atoms with Gasteiger partial charge in [0, 0.05) is 11.3 Å². The summed E-state index contributed by atoms with van der Waals surface area (Å²) in [5.74, 6) is 0.931. The van der Waals surface area contributed by atoms with Crippen LogP contribution in [0.5, 0.6) is 11.5 Å². The molecule has 0 spiro atoms. The fourth-order valence-corrected chi connectivity index (χ4v) is 3.25. The minimum Gasteiger partial charge on any atom is -0.493 e. The molecule has 0 aliphatic carbocycles. The maximum atomic E-state index is 12.7. The first-order valence-corrected chi connectivity index (χ1v) is 8.56. The van der Waals surface area contributed by atoms with E-state index in [9.17, 15) is 4.79 Å². The van der Waals surface area contributed by atoms with E-state index in [0.29, 0.717) is 28.1 Å². The highest BCUT2D eigenvalue weighted by atomic mass is 79.9. The van der Waals surface area contributed by atoms with E-state index < -0.39 is 0 Å². The van der Waals surface area contributed by atoms with Crippen LogP contribution in [0, 0.1) is 20.8 Å². The van der Waals surface area contributed by atoms with E-state index in [1.54, 1.807) is 19.2 Å². The summed E-state index contributed by atoms with van der Waals surface area (Å²) < 4.78 is 11.6. The number of halogens is 1. The van der Waals surface area contributed by atoms with E-state index in [2.05, 4.69) is 33.4 Å². The van der Waals surface area contributed by atoms with Crippen LogP contribution in [0.1, 0.15) is 34.0 Å². The molecule has 1 N–H and O–H groups in total. The molecule has 0 aliphatic rings. The molecule has 0 atom stereocenters. The number of hydrogen-bond donors (Lipinski definition) is 1. The van der Waals surface area contributed by atoms with Crippen LogP contribution in [-0.2, 0) is 0 Å². The third-order valence-corrected chi connectivity index (χ3v) is 4.28. The van der Waals surface area contributed by atoms with Gasteiger partial charge < -0.3 is 14.8 Å². The Hall–Kier alpha value is -2.01. The molecule has 5 heteroatoms. The molecule has 0 heterocycles. The molecule has 0 radical (unpaired) electrons. The van der Waals surface area contributed by atoms with E-state index in [0.717, 1.165) is 16.8 Å². The number of amides is 1. The molecule has 2 aromatic rings. The van der Waals surface area contributed by atoms with E-state index in [1.807, 2.05) is 27.7 Å². The summed E-state index contributed by atoms with van der Waals surface area (Å²) in [6.07, 6.45) is 0. The number of methoxy groups -OCH3 is 1. The van der Waals surface area contributed by atoms with Crippen LogP contribution in [0.25, 0.3) is 0 Å². The number of hydrogen-bond acceptors (Lipinski definition) is 3. The summed E-state index contributed by atoms with van der Waals surface area (Å²) in [6, 6.07) is 7.53. The first kappa shape index (κ1) is 18.3. The van der Waals surface area contributed by atoms with Crippen molar-refractivity contribution >= 4 is 27.5 Å². The number of aryl methyl sites for hydroxylation is 3. The van der Waals surface area contributed by atoms with Gasteiger partial charge in [0.05, 0.1) is 18.2 Å². The lowest BCUT2D eigenvalue weighted by Crippen LogP contribution is -2.14. The molecule has 0 bridgehead atoms. The van der Waals surface area contributed by atoms with Gasteiger partial charge in [-0.15, -0.1) is 0 Å². The van der Waals surface area contributed by atoms with Crippen LogP contribution in [0.15, 0.2) is 28.7 Å². The molecular weight excluding hydrogens is 370 g/mol. The molecule has 0 fully saturated rings. The van der Waals surface area contributed by atoms with Crippen LogP contribution in [0.4, 0.5) is 5.69 Å². The Morgan fingerprint density at radius 2 is 1.75 bits per heavy atom.